The van der Waals surface area contributed by atoms with E-state index >= 15 is 0 Å². The van der Waals surface area contributed by atoms with Crippen LogP contribution >= 0.6 is 15.9 Å². The maximum atomic E-state index is 6.09. The third-order valence-corrected chi connectivity index (χ3v) is 3.78. The molecular formula is C18H22BrNO. The van der Waals surface area contributed by atoms with Gasteiger partial charge in [-0.3, -0.25) is 0 Å². The lowest BCUT2D eigenvalue weighted by atomic mass is 10.0. The smallest absolute Gasteiger partial charge is 0.126 e. The van der Waals surface area contributed by atoms with E-state index in [0.717, 1.165) is 27.8 Å². The average Bonchev–Trinajstić information content (AvgIpc) is 2.36. The molecule has 0 radical (unpaired) electrons. The normalized spacial score (nSPS) is 12.2. The van der Waals surface area contributed by atoms with Gasteiger partial charge in [0, 0.05) is 10.5 Å². The molecule has 0 saturated heterocycles. The van der Waals surface area contributed by atoms with Gasteiger partial charge < -0.3 is 10.5 Å². The summed E-state index contributed by atoms with van der Waals surface area (Å²) < 4.78 is 7.16. The molecule has 21 heavy (non-hydrogen) atoms. The third kappa shape index (κ3) is 4.58. The number of aryl methyl sites for hydroxylation is 2. The van der Waals surface area contributed by atoms with Crippen molar-refractivity contribution in [1.82, 2.24) is 0 Å². The molecule has 0 aliphatic heterocycles. The van der Waals surface area contributed by atoms with E-state index in [-0.39, 0.29) is 6.04 Å². The molecule has 3 heteroatoms. The van der Waals surface area contributed by atoms with E-state index in [1.807, 2.05) is 6.92 Å². The van der Waals surface area contributed by atoms with Crippen molar-refractivity contribution >= 4 is 15.9 Å². The van der Waals surface area contributed by atoms with Crippen LogP contribution in [-0.2, 0) is 13.0 Å². The lowest BCUT2D eigenvalue weighted by molar-refractivity contribution is 0.300. The van der Waals surface area contributed by atoms with Crippen LogP contribution in [0.3, 0.4) is 0 Å². The summed E-state index contributed by atoms with van der Waals surface area (Å²) in [5.41, 5.74) is 10.7. The van der Waals surface area contributed by atoms with Gasteiger partial charge in [0.05, 0.1) is 0 Å². The predicted octanol–water partition coefficient (Wildman–Crippen LogP) is 4.53. The summed E-state index contributed by atoms with van der Waals surface area (Å²) in [5.74, 6) is 0.956. The summed E-state index contributed by atoms with van der Waals surface area (Å²) in [6.07, 6.45) is 0.809. The van der Waals surface area contributed by atoms with Crippen molar-refractivity contribution < 1.29 is 4.74 Å². The number of hydrogen-bond donors (Lipinski definition) is 1. The van der Waals surface area contributed by atoms with Crippen molar-refractivity contribution in [2.24, 2.45) is 5.73 Å². The summed E-state index contributed by atoms with van der Waals surface area (Å²) in [4.78, 5) is 0. The van der Waals surface area contributed by atoms with Gasteiger partial charge in [-0.15, -0.1) is 0 Å². The zero-order chi connectivity index (χ0) is 15.4. The standard InChI is InChI=1S/C18H22BrNO/c1-12-5-4-6-15(7-12)11-21-18-13(2)8-17(19)10-16(18)9-14(3)20/h4-8,10,14H,9,11,20H2,1-3H3. The molecule has 0 spiro atoms. The average molecular weight is 348 g/mol. The second-order valence-corrected chi connectivity index (χ2v) is 6.59. The molecule has 112 valence electrons. The molecule has 0 heterocycles. The van der Waals surface area contributed by atoms with Gasteiger partial charge in [-0.25, -0.2) is 0 Å². The van der Waals surface area contributed by atoms with E-state index in [1.165, 1.54) is 11.1 Å². The van der Waals surface area contributed by atoms with Crippen molar-refractivity contribution in [2.45, 2.75) is 39.8 Å². The zero-order valence-electron chi connectivity index (χ0n) is 12.8. The van der Waals surface area contributed by atoms with Crippen molar-refractivity contribution in [1.29, 1.82) is 0 Å². The van der Waals surface area contributed by atoms with Crippen LogP contribution in [0.2, 0.25) is 0 Å². The quantitative estimate of drug-likeness (QED) is 0.861. The first-order valence-electron chi connectivity index (χ1n) is 7.18. The molecule has 2 N–H and O–H groups in total. The minimum absolute atomic E-state index is 0.111. The molecular weight excluding hydrogens is 326 g/mol. The van der Waals surface area contributed by atoms with Crippen LogP contribution in [0.1, 0.15) is 29.2 Å². The van der Waals surface area contributed by atoms with Gasteiger partial charge in [0.15, 0.2) is 0 Å². The van der Waals surface area contributed by atoms with Crippen LogP contribution in [0, 0.1) is 13.8 Å². The minimum atomic E-state index is 0.111. The molecule has 0 amide bonds. The maximum Gasteiger partial charge on any atom is 0.126 e. The summed E-state index contributed by atoms with van der Waals surface area (Å²) >= 11 is 3.55. The summed E-state index contributed by atoms with van der Waals surface area (Å²) in [7, 11) is 0. The molecule has 2 aromatic rings. The monoisotopic (exact) mass is 347 g/mol. The van der Waals surface area contributed by atoms with Gasteiger partial charge in [-0.1, -0.05) is 45.8 Å². The second-order valence-electron chi connectivity index (χ2n) is 5.67. The van der Waals surface area contributed by atoms with Crippen LogP contribution in [0.5, 0.6) is 5.75 Å². The van der Waals surface area contributed by atoms with Crippen LogP contribution in [0.25, 0.3) is 0 Å². The first-order valence-corrected chi connectivity index (χ1v) is 7.98. The second kappa shape index (κ2) is 7.10. The number of rotatable bonds is 5. The lowest BCUT2D eigenvalue weighted by Gasteiger charge is -2.16. The van der Waals surface area contributed by atoms with E-state index in [2.05, 4.69) is 66.2 Å². The van der Waals surface area contributed by atoms with Crippen LogP contribution in [0.4, 0.5) is 0 Å². The molecule has 0 fully saturated rings. The first-order chi connectivity index (χ1) is 9.95. The van der Waals surface area contributed by atoms with Gasteiger partial charge in [0.25, 0.3) is 0 Å². The largest absolute Gasteiger partial charge is 0.488 e. The van der Waals surface area contributed by atoms with Gasteiger partial charge in [-0.05, 0) is 56.0 Å². The lowest BCUT2D eigenvalue weighted by Crippen LogP contribution is -2.18. The predicted molar refractivity (Wildman–Crippen MR) is 91.7 cm³/mol. The van der Waals surface area contributed by atoms with Crippen molar-refractivity contribution in [3.05, 3.63) is 63.1 Å². The van der Waals surface area contributed by atoms with Gasteiger partial charge in [0.2, 0.25) is 0 Å². The Hall–Kier alpha value is -1.32. The minimum Gasteiger partial charge on any atom is -0.488 e. The molecule has 0 aromatic heterocycles. The number of nitrogens with two attached hydrogens (primary N) is 1. The summed E-state index contributed by atoms with van der Waals surface area (Å²) in [5, 5.41) is 0. The van der Waals surface area contributed by atoms with Crippen LogP contribution in [0.15, 0.2) is 40.9 Å². The SMILES string of the molecule is Cc1cccc(COc2c(C)cc(Br)cc2CC(C)N)c1. The molecule has 0 aliphatic carbocycles. The highest BCUT2D eigenvalue weighted by molar-refractivity contribution is 9.10. The Morgan fingerprint density at radius 3 is 2.62 bits per heavy atom. The summed E-state index contributed by atoms with van der Waals surface area (Å²) in [6.45, 7) is 6.76. The van der Waals surface area contributed by atoms with Gasteiger partial charge in [-0.2, -0.15) is 0 Å². The Bertz CT molecular complexity index is 623. The summed E-state index contributed by atoms with van der Waals surface area (Å²) in [6, 6.07) is 12.7. The molecule has 2 aromatic carbocycles. The molecule has 1 atom stereocenters. The van der Waals surface area contributed by atoms with E-state index < -0.39 is 0 Å². The Kier molecular flexibility index (Phi) is 5.43. The highest BCUT2D eigenvalue weighted by Gasteiger charge is 2.11. The number of ether oxygens (including phenoxy) is 1. The van der Waals surface area contributed by atoms with Gasteiger partial charge >= 0.3 is 0 Å². The Morgan fingerprint density at radius 1 is 1.19 bits per heavy atom. The van der Waals surface area contributed by atoms with Crippen LogP contribution in [-0.4, -0.2) is 6.04 Å². The molecule has 2 rings (SSSR count). The Labute approximate surface area is 135 Å². The number of halogens is 1. The topological polar surface area (TPSA) is 35.2 Å². The van der Waals surface area contributed by atoms with Crippen LogP contribution < -0.4 is 10.5 Å². The first kappa shape index (κ1) is 16.1. The number of benzene rings is 2. The molecule has 0 saturated carbocycles. The third-order valence-electron chi connectivity index (χ3n) is 3.32. The van der Waals surface area contributed by atoms with Crippen molar-refractivity contribution in [3.63, 3.8) is 0 Å². The fourth-order valence-electron chi connectivity index (χ4n) is 2.46. The molecule has 0 bridgehead atoms. The highest BCUT2D eigenvalue weighted by Crippen LogP contribution is 2.29. The Balaban J connectivity index is 2.22. The highest BCUT2D eigenvalue weighted by atomic mass is 79.9. The molecule has 1 unspecified atom stereocenters. The van der Waals surface area contributed by atoms with Crippen molar-refractivity contribution in [2.75, 3.05) is 0 Å². The molecule has 0 aliphatic rings. The van der Waals surface area contributed by atoms with E-state index in [9.17, 15) is 0 Å². The fourth-order valence-corrected chi connectivity index (χ4v) is 3.08. The fraction of sp³-hybridized carbons (Fsp3) is 0.333. The number of hydrogen-bond acceptors (Lipinski definition) is 2. The maximum absolute atomic E-state index is 6.09. The van der Waals surface area contributed by atoms with Crippen molar-refractivity contribution in [3.8, 4) is 5.75 Å². The Morgan fingerprint density at radius 2 is 1.95 bits per heavy atom. The van der Waals surface area contributed by atoms with Gasteiger partial charge in [0.1, 0.15) is 12.4 Å². The van der Waals surface area contributed by atoms with E-state index in [4.69, 9.17) is 10.5 Å². The molecule has 2 nitrogen and oxygen atoms in total. The van der Waals surface area contributed by atoms with E-state index in [1.54, 1.807) is 0 Å². The zero-order valence-corrected chi connectivity index (χ0v) is 14.4. The van der Waals surface area contributed by atoms with E-state index in [0.29, 0.717) is 6.61 Å².